The van der Waals surface area contributed by atoms with Gasteiger partial charge < -0.3 is 15.8 Å². The van der Waals surface area contributed by atoms with Crippen molar-refractivity contribution < 1.29 is 13.5 Å². The van der Waals surface area contributed by atoms with E-state index in [-0.39, 0.29) is 16.2 Å². The molecule has 0 amide bonds. The van der Waals surface area contributed by atoms with Crippen LogP contribution in [0.4, 0.5) is 14.5 Å². The van der Waals surface area contributed by atoms with Crippen LogP contribution in [0.2, 0.25) is 0 Å². The Balaban J connectivity index is 2.46. The summed E-state index contributed by atoms with van der Waals surface area (Å²) in [6, 6.07) is 2.26. The molecule has 0 saturated heterocycles. The fourth-order valence-electron chi connectivity index (χ4n) is 1.59. The first kappa shape index (κ1) is 16.8. The van der Waals surface area contributed by atoms with Crippen molar-refractivity contribution in [1.82, 2.24) is 0 Å². The molecule has 0 aliphatic rings. The summed E-state index contributed by atoms with van der Waals surface area (Å²) in [5.41, 5.74) is 5.36. The molecule has 6 heteroatoms. The van der Waals surface area contributed by atoms with Gasteiger partial charge in [-0.1, -0.05) is 26.1 Å². The Morgan fingerprint density at radius 3 is 2.45 bits per heavy atom. The Morgan fingerprint density at radius 2 is 1.95 bits per heavy atom. The molecule has 0 radical (unpaired) electrons. The van der Waals surface area contributed by atoms with Crippen LogP contribution >= 0.6 is 12.2 Å². The van der Waals surface area contributed by atoms with Gasteiger partial charge in [0.25, 0.3) is 0 Å². The van der Waals surface area contributed by atoms with Gasteiger partial charge in [-0.15, -0.1) is 0 Å². The first-order valence-electron chi connectivity index (χ1n) is 6.52. The van der Waals surface area contributed by atoms with Crippen LogP contribution in [0.3, 0.4) is 0 Å². The molecule has 0 aliphatic heterocycles. The molecule has 0 aliphatic carbocycles. The maximum atomic E-state index is 13.7. The highest BCUT2D eigenvalue weighted by Gasteiger charge is 2.11. The molecule has 0 heterocycles. The number of anilines is 1. The number of hydrogen-bond donors (Lipinski definition) is 2. The van der Waals surface area contributed by atoms with Gasteiger partial charge in [-0.05, 0) is 24.5 Å². The molecule has 1 aromatic rings. The summed E-state index contributed by atoms with van der Waals surface area (Å²) in [6.07, 6.45) is 0.669. The fraction of sp³-hybridized carbons (Fsp3) is 0.500. The molecule has 0 aromatic heterocycles. The molecule has 3 N–H and O–H groups in total. The van der Waals surface area contributed by atoms with Crippen LogP contribution in [0.15, 0.2) is 12.1 Å². The van der Waals surface area contributed by atoms with Crippen LogP contribution in [-0.4, -0.2) is 24.7 Å². The van der Waals surface area contributed by atoms with E-state index >= 15 is 0 Å². The van der Waals surface area contributed by atoms with Gasteiger partial charge in [0.2, 0.25) is 0 Å². The zero-order valence-electron chi connectivity index (χ0n) is 11.7. The second-order valence-corrected chi connectivity index (χ2v) is 5.37. The van der Waals surface area contributed by atoms with Gasteiger partial charge in [-0.25, -0.2) is 8.78 Å². The molecule has 112 valence electrons. The predicted molar refractivity (Wildman–Crippen MR) is 81.0 cm³/mol. The average molecular weight is 302 g/mol. The van der Waals surface area contributed by atoms with Gasteiger partial charge in [0, 0.05) is 25.3 Å². The lowest BCUT2D eigenvalue weighted by Crippen LogP contribution is -2.13. The van der Waals surface area contributed by atoms with Gasteiger partial charge >= 0.3 is 0 Å². The van der Waals surface area contributed by atoms with Crippen LogP contribution in [0.1, 0.15) is 25.8 Å². The molecule has 0 unspecified atom stereocenters. The summed E-state index contributed by atoms with van der Waals surface area (Å²) >= 11 is 4.69. The van der Waals surface area contributed by atoms with Crippen molar-refractivity contribution in [3.8, 4) is 0 Å². The van der Waals surface area contributed by atoms with E-state index in [0.29, 0.717) is 32.1 Å². The predicted octanol–water partition coefficient (Wildman–Crippen LogP) is 3.07. The zero-order valence-corrected chi connectivity index (χ0v) is 12.5. The van der Waals surface area contributed by atoms with E-state index in [1.807, 2.05) is 0 Å². The van der Waals surface area contributed by atoms with Crippen LogP contribution in [-0.2, 0) is 4.74 Å². The van der Waals surface area contributed by atoms with Gasteiger partial charge in [0.1, 0.15) is 22.3 Å². The third kappa shape index (κ3) is 5.38. The highest BCUT2D eigenvalue weighted by molar-refractivity contribution is 7.80. The smallest absolute Gasteiger partial charge is 0.150 e. The molecular formula is C14H20F2N2OS. The number of nitrogens with two attached hydrogens (primary N) is 1. The van der Waals surface area contributed by atoms with E-state index in [9.17, 15) is 8.78 Å². The van der Waals surface area contributed by atoms with E-state index in [4.69, 9.17) is 10.5 Å². The molecule has 1 aromatic carbocycles. The fourth-order valence-corrected chi connectivity index (χ4v) is 1.71. The van der Waals surface area contributed by atoms with Gasteiger partial charge in [-0.2, -0.15) is 0 Å². The van der Waals surface area contributed by atoms with E-state index in [1.54, 1.807) is 0 Å². The highest BCUT2D eigenvalue weighted by atomic mass is 32.1. The lowest BCUT2D eigenvalue weighted by molar-refractivity contribution is 0.110. The van der Waals surface area contributed by atoms with Crippen LogP contribution in [0.25, 0.3) is 0 Å². The molecule has 0 atom stereocenters. The monoisotopic (exact) mass is 302 g/mol. The van der Waals surface area contributed by atoms with Crippen molar-refractivity contribution in [2.45, 2.75) is 20.3 Å². The summed E-state index contributed by atoms with van der Waals surface area (Å²) in [6.45, 7) is 5.79. The van der Waals surface area contributed by atoms with Crippen LogP contribution in [0, 0.1) is 17.6 Å². The third-order valence-corrected chi connectivity index (χ3v) is 2.78. The van der Waals surface area contributed by atoms with Gasteiger partial charge in [0.15, 0.2) is 0 Å². The van der Waals surface area contributed by atoms with Gasteiger partial charge in [0.05, 0.1) is 0 Å². The van der Waals surface area contributed by atoms with Crippen molar-refractivity contribution in [1.29, 1.82) is 0 Å². The summed E-state index contributed by atoms with van der Waals surface area (Å²) in [4.78, 5) is -0.0311. The molecule has 0 fully saturated rings. The molecule has 3 nitrogen and oxygen atoms in total. The Hall–Kier alpha value is -1.27. The topological polar surface area (TPSA) is 47.3 Å². The Kier molecular flexibility index (Phi) is 6.81. The molecule has 1 rings (SSSR count). The largest absolute Gasteiger partial charge is 0.389 e. The lowest BCUT2D eigenvalue weighted by atomic mass is 10.2. The van der Waals surface area contributed by atoms with E-state index < -0.39 is 11.6 Å². The number of thiocarbonyl (C=S) groups is 1. The van der Waals surface area contributed by atoms with Crippen molar-refractivity contribution in [3.05, 3.63) is 29.3 Å². The molecular weight excluding hydrogens is 282 g/mol. The SMILES string of the molecule is CC(C)COCCCNc1c(F)cc(C(N)=S)cc1F. The van der Waals surface area contributed by atoms with E-state index in [1.165, 1.54) is 0 Å². The minimum Gasteiger partial charge on any atom is -0.389 e. The van der Waals surface area contributed by atoms with E-state index in [2.05, 4.69) is 31.4 Å². The number of halogens is 2. The Morgan fingerprint density at radius 1 is 1.35 bits per heavy atom. The number of nitrogens with one attached hydrogen (secondary N) is 1. The maximum absolute atomic E-state index is 13.7. The second-order valence-electron chi connectivity index (χ2n) is 4.93. The quantitative estimate of drug-likeness (QED) is 0.572. The highest BCUT2D eigenvalue weighted by Crippen LogP contribution is 2.20. The lowest BCUT2D eigenvalue weighted by Gasteiger charge is -2.11. The Labute approximate surface area is 123 Å². The van der Waals surface area contributed by atoms with Crippen molar-refractivity contribution in [2.75, 3.05) is 25.1 Å². The molecule has 0 spiro atoms. The number of ether oxygens (including phenoxy) is 1. The first-order valence-corrected chi connectivity index (χ1v) is 6.93. The van der Waals surface area contributed by atoms with E-state index in [0.717, 1.165) is 12.1 Å². The third-order valence-electron chi connectivity index (χ3n) is 2.55. The number of hydrogen-bond acceptors (Lipinski definition) is 3. The normalized spacial score (nSPS) is 10.8. The van der Waals surface area contributed by atoms with Crippen molar-refractivity contribution >= 4 is 22.9 Å². The number of rotatable bonds is 8. The zero-order chi connectivity index (χ0) is 15.1. The van der Waals surface area contributed by atoms with Gasteiger partial charge in [-0.3, -0.25) is 0 Å². The standard InChI is InChI=1S/C14H20F2N2OS/c1-9(2)8-19-5-3-4-18-13-11(15)6-10(14(17)20)7-12(13)16/h6-7,9,18H,3-5,8H2,1-2H3,(H2,17,20). The van der Waals surface area contributed by atoms with Crippen LogP contribution in [0.5, 0.6) is 0 Å². The van der Waals surface area contributed by atoms with Crippen molar-refractivity contribution in [3.63, 3.8) is 0 Å². The Bertz CT molecular complexity index is 443. The summed E-state index contributed by atoms with van der Waals surface area (Å²) < 4.78 is 32.8. The molecule has 0 bridgehead atoms. The summed E-state index contributed by atoms with van der Waals surface area (Å²) in [5, 5.41) is 2.72. The average Bonchev–Trinajstić information content (AvgIpc) is 2.35. The second kappa shape index (κ2) is 8.11. The molecule has 20 heavy (non-hydrogen) atoms. The maximum Gasteiger partial charge on any atom is 0.150 e. The minimum absolute atomic E-state index is 0.0311. The van der Waals surface area contributed by atoms with Crippen molar-refractivity contribution in [2.24, 2.45) is 11.7 Å². The first-order chi connectivity index (χ1) is 9.41. The number of benzene rings is 1. The minimum atomic E-state index is -0.698. The summed E-state index contributed by atoms with van der Waals surface area (Å²) in [7, 11) is 0. The molecule has 0 saturated carbocycles. The van der Waals surface area contributed by atoms with Crippen LogP contribution < -0.4 is 11.1 Å². The summed E-state index contributed by atoms with van der Waals surface area (Å²) in [5.74, 6) is -0.919.